The number of hydrogen-bond acceptors (Lipinski definition) is 3. The Kier molecular flexibility index (Phi) is 2.81. The quantitative estimate of drug-likeness (QED) is 0.792. The van der Waals surface area contributed by atoms with Gasteiger partial charge in [-0.2, -0.15) is 0 Å². The van der Waals surface area contributed by atoms with E-state index in [9.17, 15) is 0 Å². The van der Waals surface area contributed by atoms with Crippen molar-refractivity contribution in [1.82, 2.24) is 19.9 Å². The molecule has 3 rings (SSSR count). The number of piperidine rings is 1. The zero-order valence-corrected chi connectivity index (χ0v) is 10.2. The van der Waals surface area contributed by atoms with Crippen molar-refractivity contribution in [2.45, 2.75) is 26.4 Å². The smallest absolute Gasteiger partial charge is 0.113 e. The number of fused-ring (bicyclic) bond motifs is 1. The van der Waals surface area contributed by atoms with Crippen molar-refractivity contribution in [3.8, 4) is 0 Å². The lowest BCUT2D eigenvalue weighted by Crippen LogP contribution is -2.35. The van der Waals surface area contributed by atoms with Crippen LogP contribution in [0, 0.1) is 5.92 Å². The second-order valence-corrected chi connectivity index (χ2v) is 5.04. The van der Waals surface area contributed by atoms with Gasteiger partial charge in [-0.05, 0) is 37.4 Å². The molecule has 2 heterocycles. The molecular weight excluding hydrogens is 212 g/mol. The number of para-hydroxylation sites is 1. The summed E-state index contributed by atoms with van der Waals surface area (Å²) in [6.07, 6.45) is 2.66. The zero-order valence-electron chi connectivity index (χ0n) is 10.2. The van der Waals surface area contributed by atoms with Gasteiger partial charge in [0.2, 0.25) is 0 Å². The summed E-state index contributed by atoms with van der Waals surface area (Å²) in [7, 11) is 0. The van der Waals surface area contributed by atoms with Crippen LogP contribution in [0.15, 0.2) is 24.3 Å². The lowest BCUT2D eigenvalue weighted by molar-refractivity contribution is 0.140. The average Bonchev–Trinajstić information content (AvgIpc) is 2.73. The lowest BCUT2D eigenvalue weighted by Gasteiger charge is -2.30. The predicted molar refractivity (Wildman–Crippen MR) is 67.5 cm³/mol. The minimum absolute atomic E-state index is 0.804. The molecule has 0 spiro atoms. The summed E-state index contributed by atoms with van der Waals surface area (Å²) in [4.78, 5) is 2.47. The summed E-state index contributed by atoms with van der Waals surface area (Å²) in [6.45, 7) is 5.54. The highest BCUT2D eigenvalue weighted by Gasteiger charge is 2.17. The van der Waals surface area contributed by atoms with Crippen LogP contribution >= 0.6 is 0 Å². The van der Waals surface area contributed by atoms with Gasteiger partial charge in [0.25, 0.3) is 0 Å². The molecule has 0 bridgehead atoms. The third kappa shape index (κ3) is 2.17. The third-order valence-electron chi connectivity index (χ3n) is 3.50. The zero-order chi connectivity index (χ0) is 11.7. The van der Waals surface area contributed by atoms with E-state index in [1.807, 2.05) is 22.9 Å². The minimum Gasteiger partial charge on any atom is -0.284 e. The molecule has 1 aromatic carbocycles. The van der Waals surface area contributed by atoms with Gasteiger partial charge in [0.15, 0.2) is 0 Å². The van der Waals surface area contributed by atoms with E-state index >= 15 is 0 Å². The van der Waals surface area contributed by atoms with Gasteiger partial charge in [-0.1, -0.05) is 24.3 Å². The van der Waals surface area contributed by atoms with Crippen molar-refractivity contribution in [2.75, 3.05) is 13.1 Å². The minimum atomic E-state index is 0.804. The van der Waals surface area contributed by atoms with Gasteiger partial charge >= 0.3 is 0 Å². The molecule has 0 radical (unpaired) electrons. The van der Waals surface area contributed by atoms with E-state index in [-0.39, 0.29) is 0 Å². The van der Waals surface area contributed by atoms with Gasteiger partial charge in [-0.25, -0.2) is 4.68 Å². The fraction of sp³-hybridized carbons (Fsp3) is 0.538. The van der Waals surface area contributed by atoms with Crippen molar-refractivity contribution < 1.29 is 0 Å². The molecule has 0 amide bonds. The van der Waals surface area contributed by atoms with Crippen LogP contribution < -0.4 is 0 Å². The fourth-order valence-corrected chi connectivity index (χ4v) is 2.63. The first kappa shape index (κ1) is 10.7. The second-order valence-electron chi connectivity index (χ2n) is 5.04. The Labute approximate surface area is 101 Å². The molecule has 17 heavy (non-hydrogen) atoms. The predicted octanol–water partition coefficient (Wildman–Crippen LogP) is 2.12. The number of likely N-dealkylation sites (tertiary alicyclic amines) is 1. The monoisotopic (exact) mass is 230 g/mol. The van der Waals surface area contributed by atoms with Crippen molar-refractivity contribution in [2.24, 2.45) is 5.92 Å². The van der Waals surface area contributed by atoms with E-state index in [1.165, 1.54) is 25.9 Å². The molecule has 4 heteroatoms. The summed E-state index contributed by atoms with van der Waals surface area (Å²) in [6, 6.07) is 8.14. The van der Waals surface area contributed by atoms with Crippen LogP contribution in [0.4, 0.5) is 0 Å². The summed E-state index contributed by atoms with van der Waals surface area (Å²) in [5.74, 6) is 0.804. The molecule has 0 aliphatic carbocycles. The molecule has 2 aromatic rings. The number of aromatic nitrogens is 3. The van der Waals surface area contributed by atoms with Crippen LogP contribution in [0.3, 0.4) is 0 Å². The Morgan fingerprint density at radius 1 is 1.35 bits per heavy atom. The van der Waals surface area contributed by atoms with E-state index in [0.717, 1.165) is 23.6 Å². The first-order valence-electron chi connectivity index (χ1n) is 6.33. The average molecular weight is 230 g/mol. The largest absolute Gasteiger partial charge is 0.284 e. The van der Waals surface area contributed by atoms with Crippen molar-refractivity contribution in [3.63, 3.8) is 0 Å². The molecular formula is C13H18N4. The Balaban J connectivity index is 1.80. The fourth-order valence-electron chi connectivity index (χ4n) is 2.63. The van der Waals surface area contributed by atoms with Gasteiger partial charge in [0, 0.05) is 6.54 Å². The molecule has 1 aliphatic heterocycles. The number of hydrogen-bond donors (Lipinski definition) is 0. The maximum absolute atomic E-state index is 4.24. The van der Waals surface area contributed by atoms with Crippen molar-refractivity contribution in [1.29, 1.82) is 0 Å². The van der Waals surface area contributed by atoms with Crippen LogP contribution in [0.2, 0.25) is 0 Å². The number of benzene rings is 1. The van der Waals surface area contributed by atoms with Gasteiger partial charge in [0.05, 0.1) is 12.2 Å². The van der Waals surface area contributed by atoms with E-state index in [4.69, 9.17) is 0 Å². The van der Waals surface area contributed by atoms with E-state index in [0.29, 0.717) is 0 Å². The highest BCUT2D eigenvalue weighted by molar-refractivity contribution is 5.73. The second kappa shape index (κ2) is 4.45. The molecule has 1 saturated heterocycles. The maximum Gasteiger partial charge on any atom is 0.113 e. The molecule has 90 valence electrons. The standard InChI is InChI=1S/C13H18N4/c1-11-5-4-8-16(9-11)10-17-13-7-3-2-6-12(13)14-15-17/h2-3,6-7,11H,4-5,8-10H2,1H3/t11-/m0/s1. The molecule has 1 atom stereocenters. The SMILES string of the molecule is C[C@H]1CCCN(Cn2nnc3ccccc32)C1. The molecule has 1 aromatic heterocycles. The Morgan fingerprint density at radius 3 is 3.12 bits per heavy atom. The van der Waals surface area contributed by atoms with Crippen molar-refractivity contribution >= 4 is 11.0 Å². The Morgan fingerprint density at radius 2 is 2.24 bits per heavy atom. The van der Waals surface area contributed by atoms with Crippen LogP contribution in [0.25, 0.3) is 11.0 Å². The molecule has 4 nitrogen and oxygen atoms in total. The van der Waals surface area contributed by atoms with Crippen LogP contribution in [-0.4, -0.2) is 33.0 Å². The van der Waals surface area contributed by atoms with E-state index < -0.39 is 0 Å². The van der Waals surface area contributed by atoms with Crippen LogP contribution in [-0.2, 0) is 6.67 Å². The Hall–Kier alpha value is -1.42. The maximum atomic E-state index is 4.24. The van der Waals surface area contributed by atoms with E-state index in [2.05, 4.69) is 28.2 Å². The summed E-state index contributed by atoms with van der Waals surface area (Å²) in [5.41, 5.74) is 2.11. The summed E-state index contributed by atoms with van der Waals surface area (Å²) < 4.78 is 2.01. The highest BCUT2D eigenvalue weighted by Crippen LogP contribution is 2.17. The van der Waals surface area contributed by atoms with Gasteiger partial charge in [0.1, 0.15) is 5.52 Å². The lowest BCUT2D eigenvalue weighted by atomic mass is 10.0. The molecule has 0 saturated carbocycles. The Bertz CT molecular complexity index is 505. The molecule has 0 unspecified atom stereocenters. The van der Waals surface area contributed by atoms with Crippen molar-refractivity contribution in [3.05, 3.63) is 24.3 Å². The first-order valence-corrected chi connectivity index (χ1v) is 6.33. The summed E-state index contributed by atoms with van der Waals surface area (Å²) >= 11 is 0. The number of nitrogens with zero attached hydrogens (tertiary/aromatic N) is 4. The number of rotatable bonds is 2. The van der Waals surface area contributed by atoms with Crippen LogP contribution in [0.5, 0.6) is 0 Å². The topological polar surface area (TPSA) is 34.0 Å². The molecule has 1 aliphatic rings. The highest BCUT2D eigenvalue weighted by atomic mass is 15.5. The molecule has 0 N–H and O–H groups in total. The van der Waals surface area contributed by atoms with E-state index in [1.54, 1.807) is 0 Å². The van der Waals surface area contributed by atoms with Crippen LogP contribution in [0.1, 0.15) is 19.8 Å². The van der Waals surface area contributed by atoms with Gasteiger partial charge < -0.3 is 0 Å². The third-order valence-corrected chi connectivity index (χ3v) is 3.50. The molecule has 1 fully saturated rings. The first-order chi connectivity index (χ1) is 8.33. The summed E-state index contributed by atoms with van der Waals surface area (Å²) in [5, 5.41) is 8.43. The normalized spacial score (nSPS) is 22.1. The van der Waals surface area contributed by atoms with Gasteiger partial charge in [-0.3, -0.25) is 4.90 Å². The van der Waals surface area contributed by atoms with Gasteiger partial charge in [-0.15, -0.1) is 5.10 Å².